The summed E-state index contributed by atoms with van der Waals surface area (Å²) >= 11 is 0. The maximum atomic E-state index is 12.4. The zero-order chi connectivity index (χ0) is 13.2. The topological polar surface area (TPSA) is 65.2 Å². The van der Waals surface area contributed by atoms with Crippen molar-refractivity contribution in [1.82, 2.24) is 4.98 Å². The number of pyridine rings is 1. The van der Waals surface area contributed by atoms with Crippen LogP contribution in [0.1, 0.15) is 22.5 Å². The van der Waals surface area contributed by atoms with E-state index in [1.165, 1.54) is 0 Å². The first-order chi connectivity index (χ1) is 7.74. The highest BCUT2D eigenvalue weighted by molar-refractivity contribution is 5.78. The van der Waals surface area contributed by atoms with Gasteiger partial charge in [0.1, 0.15) is 5.69 Å². The minimum Gasteiger partial charge on any atom is -0.398 e. The maximum Gasteiger partial charge on any atom is 0.574 e. The molecule has 0 fully saturated rings. The number of nitrogen functional groups attached to an aromatic ring is 1. The van der Waals surface area contributed by atoms with Crippen molar-refractivity contribution >= 4 is 12.0 Å². The van der Waals surface area contributed by atoms with Crippen LogP contribution in [-0.4, -0.2) is 17.6 Å². The number of ether oxygens (including phenoxy) is 1. The summed E-state index contributed by atoms with van der Waals surface area (Å²) in [6, 6.07) is 0.474. The highest BCUT2D eigenvalue weighted by Gasteiger charge is 2.32. The molecule has 0 atom stereocenters. The van der Waals surface area contributed by atoms with Gasteiger partial charge in [-0.15, -0.1) is 13.2 Å². The molecule has 94 valence electrons. The summed E-state index contributed by atoms with van der Waals surface area (Å²) < 4.78 is 63.7. The second-order valence-electron chi connectivity index (χ2n) is 2.81. The van der Waals surface area contributed by atoms with E-state index in [9.17, 15) is 26.7 Å². The zero-order valence-electron chi connectivity index (χ0n) is 7.96. The number of aromatic nitrogens is 1. The highest BCUT2D eigenvalue weighted by Crippen LogP contribution is 2.31. The Morgan fingerprint density at radius 1 is 1.41 bits per heavy atom. The van der Waals surface area contributed by atoms with Crippen LogP contribution in [-0.2, 0) is 0 Å². The minimum atomic E-state index is -5.05. The number of carbonyl (C=O) groups is 1. The molecule has 0 aliphatic rings. The number of hydrogen-bond acceptors (Lipinski definition) is 4. The van der Waals surface area contributed by atoms with E-state index in [2.05, 4.69) is 9.72 Å². The number of nitrogens with two attached hydrogens (primary N) is 1. The van der Waals surface area contributed by atoms with Crippen LogP contribution in [0.25, 0.3) is 0 Å². The van der Waals surface area contributed by atoms with Crippen LogP contribution in [0.3, 0.4) is 0 Å². The van der Waals surface area contributed by atoms with E-state index in [4.69, 9.17) is 5.73 Å². The summed E-state index contributed by atoms with van der Waals surface area (Å²) in [4.78, 5) is 13.4. The van der Waals surface area contributed by atoms with Crippen LogP contribution in [0.15, 0.2) is 6.07 Å². The molecule has 0 radical (unpaired) electrons. The highest BCUT2D eigenvalue weighted by atomic mass is 19.4. The molecule has 1 aromatic heterocycles. The molecule has 0 aliphatic heterocycles. The zero-order valence-corrected chi connectivity index (χ0v) is 7.96. The lowest BCUT2D eigenvalue weighted by Crippen LogP contribution is -2.19. The second kappa shape index (κ2) is 4.52. The molecule has 17 heavy (non-hydrogen) atoms. The van der Waals surface area contributed by atoms with Crippen molar-refractivity contribution in [1.29, 1.82) is 0 Å². The van der Waals surface area contributed by atoms with Gasteiger partial charge in [-0.2, -0.15) is 0 Å². The Balaban J connectivity index is 3.23. The smallest absolute Gasteiger partial charge is 0.398 e. The summed E-state index contributed by atoms with van der Waals surface area (Å²) in [7, 11) is 0. The van der Waals surface area contributed by atoms with E-state index in [1.807, 2.05) is 0 Å². The Hall–Kier alpha value is -1.93. The fourth-order valence-corrected chi connectivity index (χ4v) is 1.07. The Bertz CT molecular complexity index is 433. The number of carbonyl (C=O) groups excluding carboxylic acids is 1. The summed E-state index contributed by atoms with van der Waals surface area (Å²) in [6.45, 7) is 0. The number of alkyl halides is 5. The molecular formula is C8H5F5N2O2. The van der Waals surface area contributed by atoms with Gasteiger partial charge in [0.15, 0.2) is 6.29 Å². The predicted octanol–water partition coefficient (Wildman–Crippen LogP) is 2.31. The Labute approximate surface area is 91.2 Å². The molecule has 0 unspecified atom stereocenters. The lowest BCUT2D eigenvalue weighted by Gasteiger charge is -2.11. The van der Waals surface area contributed by atoms with Gasteiger partial charge in [0.25, 0.3) is 6.43 Å². The van der Waals surface area contributed by atoms with Crippen LogP contribution in [0, 0.1) is 0 Å². The third kappa shape index (κ3) is 3.26. The third-order valence-corrected chi connectivity index (χ3v) is 1.65. The molecule has 9 heteroatoms. The number of rotatable bonds is 3. The van der Waals surface area contributed by atoms with Crippen molar-refractivity contribution in [3.63, 3.8) is 0 Å². The average Bonchev–Trinajstić information content (AvgIpc) is 2.12. The predicted molar refractivity (Wildman–Crippen MR) is 45.7 cm³/mol. The largest absolute Gasteiger partial charge is 0.574 e. The summed E-state index contributed by atoms with van der Waals surface area (Å²) in [5.74, 6) is -1.07. The van der Waals surface area contributed by atoms with Crippen LogP contribution in [0.4, 0.5) is 27.6 Å². The molecule has 0 bridgehead atoms. The third-order valence-electron chi connectivity index (χ3n) is 1.65. The first-order valence-corrected chi connectivity index (χ1v) is 4.04. The molecule has 0 amide bonds. The first-order valence-electron chi connectivity index (χ1n) is 4.04. The molecule has 0 aromatic carbocycles. The number of aldehydes is 1. The molecule has 2 N–H and O–H groups in total. The first kappa shape index (κ1) is 13.1. The molecule has 0 saturated heterocycles. The van der Waals surface area contributed by atoms with Crippen LogP contribution < -0.4 is 10.5 Å². The van der Waals surface area contributed by atoms with Crippen molar-refractivity contribution in [3.8, 4) is 5.88 Å². The summed E-state index contributed by atoms with van der Waals surface area (Å²) in [5.41, 5.74) is 2.58. The standard InChI is InChI=1S/C8H5F5N2O2/c9-7(10)6-3(14)1-5(15-4(6)2-16)17-8(11,12)13/h1-2,7H,(H2,14,15). The van der Waals surface area contributed by atoms with E-state index >= 15 is 0 Å². The number of anilines is 1. The van der Waals surface area contributed by atoms with Gasteiger partial charge in [0.2, 0.25) is 5.88 Å². The molecule has 0 saturated carbocycles. The fourth-order valence-electron chi connectivity index (χ4n) is 1.07. The Morgan fingerprint density at radius 3 is 2.41 bits per heavy atom. The van der Waals surface area contributed by atoms with Gasteiger partial charge in [-0.25, -0.2) is 13.8 Å². The normalized spacial score (nSPS) is 11.6. The van der Waals surface area contributed by atoms with E-state index in [-0.39, 0.29) is 6.29 Å². The molecular weight excluding hydrogens is 251 g/mol. The number of nitrogens with zero attached hydrogens (tertiary/aromatic N) is 1. The van der Waals surface area contributed by atoms with Crippen molar-refractivity contribution in [2.24, 2.45) is 0 Å². The molecule has 1 rings (SSSR count). The van der Waals surface area contributed by atoms with E-state index < -0.39 is 35.6 Å². The van der Waals surface area contributed by atoms with Crippen LogP contribution >= 0.6 is 0 Å². The SMILES string of the molecule is Nc1cc(OC(F)(F)F)nc(C=O)c1C(F)F. The Kier molecular flexibility index (Phi) is 3.49. The van der Waals surface area contributed by atoms with E-state index in [0.717, 1.165) is 0 Å². The van der Waals surface area contributed by atoms with Gasteiger partial charge in [-0.1, -0.05) is 0 Å². The van der Waals surface area contributed by atoms with Crippen molar-refractivity contribution < 1.29 is 31.5 Å². The van der Waals surface area contributed by atoms with Crippen molar-refractivity contribution in [3.05, 3.63) is 17.3 Å². The maximum absolute atomic E-state index is 12.4. The molecule has 0 aliphatic carbocycles. The molecule has 4 nitrogen and oxygen atoms in total. The van der Waals surface area contributed by atoms with E-state index in [1.54, 1.807) is 0 Å². The van der Waals surface area contributed by atoms with E-state index in [0.29, 0.717) is 6.07 Å². The molecule has 1 aromatic rings. The summed E-state index contributed by atoms with van der Waals surface area (Å²) in [6.07, 6.45) is -8.30. The average molecular weight is 256 g/mol. The number of hydrogen-bond donors (Lipinski definition) is 1. The lowest BCUT2D eigenvalue weighted by molar-refractivity contribution is -0.276. The van der Waals surface area contributed by atoms with Crippen molar-refractivity contribution in [2.45, 2.75) is 12.8 Å². The van der Waals surface area contributed by atoms with Gasteiger partial charge in [0.05, 0.1) is 5.56 Å². The lowest BCUT2D eigenvalue weighted by atomic mass is 10.1. The van der Waals surface area contributed by atoms with Gasteiger partial charge in [-0.3, -0.25) is 4.79 Å². The Morgan fingerprint density at radius 2 is 2.00 bits per heavy atom. The second-order valence-corrected chi connectivity index (χ2v) is 2.81. The van der Waals surface area contributed by atoms with Crippen LogP contribution in [0.2, 0.25) is 0 Å². The van der Waals surface area contributed by atoms with Gasteiger partial charge in [0, 0.05) is 11.8 Å². The van der Waals surface area contributed by atoms with Gasteiger partial charge in [-0.05, 0) is 0 Å². The van der Waals surface area contributed by atoms with Crippen LogP contribution in [0.5, 0.6) is 5.88 Å². The monoisotopic (exact) mass is 256 g/mol. The molecule has 0 spiro atoms. The van der Waals surface area contributed by atoms with Gasteiger partial charge < -0.3 is 10.5 Å². The fraction of sp³-hybridized carbons (Fsp3) is 0.250. The van der Waals surface area contributed by atoms with Crippen molar-refractivity contribution in [2.75, 3.05) is 5.73 Å². The number of halogens is 5. The quantitative estimate of drug-likeness (QED) is 0.665. The minimum absolute atomic E-state index is 0.124. The summed E-state index contributed by atoms with van der Waals surface area (Å²) in [5, 5.41) is 0. The molecule has 1 heterocycles. The van der Waals surface area contributed by atoms with Gasteiger partial charge >= 0.3 is 6.36 Å².